The van der Waals surface area contributed by atoms with E-state index in [-0.39, 0.29) is 17.7 Å². The second kappa shape index (κ2) is 6.80. The molecule has 1 heterocycles. The number of nitrogens with zero attached hydrogens (tertiary/aromatic N) is 1. The van der Waals surface area contributed by atoms with E-state index in [1.54, 1.807) is 13.8 Å². The molecule has 0 aromatic rings. The summed E-state index contributed by atoms with van der Waals surface area (Å²) in [4.78, 5) is 26.1. The lowest BCUT2D eigenvalue weighted by molar-refractivity contribution is -0.153. The predicted octanol–water partition coefficient (Wildman–Crippen LogP) is 3.31. The van der Waals surface area contributed by atoms with Crippen molar-refractivity contribution in [3.8, 4) is 0 Å². The first-order valence-electron chi connectivity index (χ1n) is 8.45. The third kappa shape index (κ3) is 3.78. The zero-order chi connectivity index (χ0) is 15.5. The molecule has 2 aliphatic rings. The predicted molar refractivity (Wildman–Crippen MR) is 81.9 cm³/mol. The zero-order valence-electron chi connectivity index (χ0n) is 13.4. The molecule has 120 valence electrons. The lowest BCUT2D eigenvalue weighted by atomic mass is 9.74. The van der Waals surface area contributed by atoms with E-state index in [1.165, 1.54) is 12.8 Å². The number of rotatable bonds is 3. The standard InChI is InChI=1S/C17H29NO3/c1-17(2,16(20)21)14-10-7-11-18(12-14)15(19)13-8-5-3-4-6-9-13/h13-14H,3-12H2,1-2H3,(H,20,21). The molecule has 1 N–H and O–H groups in total. The van der Waals surface area contributed by atoms with Gasteiger partial charge < -0.3 is 10.0 Å². The Morgan fingerprint density at radius 2 is 1.62 bits per heavy atom. The van der Waals surface area contributed by atoms with E-state index in [2.05, 4.69) is 0 Å². The number of carbonyl (C=O) groups is 2. The highest BCUT2D eigenvalue weighted by Gasteiger charge is 2.40. The average Bonchev–Trinajstić information content (AvgIpc) is 2.75. The Balaban J connectivity index is 1.99. The van der Waals surface area contributed by atoms with Gasteiger partial charge in [0.1, 0.15) is 0 Å². The van der Waals surface area contributed by atoms with Crippen LogP contribution in [0.25, 0.3) is 0 Å². The highest BCUT2D eigenvalue weighted by Crippen LogP contribution is 2.35. The minimum Gasteiger partial charge on any atom is -0.481 e. The van der Waals surface area contributed by atoms with Crippen molar-refractivity contribution in [1.29, 1.82) is 0 Å². The number of aliphatic carboxylic acids is 1. The topological polar surface area (TPSA) is 57.6 Å². The van der Waals surface area contributed by atoms with Crippen LogP contribution in [-0.4, -0.2) is 35.0 Å². The van der Waals surface area contributed by atoms with Crippen LogP contribution in [0.2, 0.25) is 0 Å². The van der Waals surface area contributed by atoms with E-state index >= 15 is 0 Å². The van der Waals surface area contributed by atoms with Crippen molar-refractivity contribution in [2.45, 2.75) is 65.2 Å². The molecule has 1 aliphatic heterocycles. The zero-order valence-corrected chi connectivity index (χ0v) is 13.4. The molecule has 1 saturated carbocycles. The molecule has 2 rings (SSSR count). The molecule has 0 bridgehead atoms. The summed E-state index contributed by atoms with van der Waals surface area (Å²) in [6.45, 7) is 5.01. The van der Waals surface area contributed by atoms with Crippen molar-refractivity contribution >= 4 is 11.9 Å². The molecule has 21 heavy (non-hydrogen) atoms. The van der Waals surface area contributed by atoms with Crippen LogP contribution in [0.1, 0.15) is 65.2 Å². The minimum atomic E-state index is -0.753. The van der Waals surface area contributed by atoms with Gasteiger partial charge in [-0.05, 0) is 45.4 Å². The van der Waals surface area contributed by atoms with E-state index in [4.69, 9.17) is 0 Å². The van der Waals surface area contributed by atoms with Crippen molar-refractivity contribution in [2.24, 2.45) is 17.3 Å². The molecular weight excluding hydrogens is 266 g/mol. The molecule has 4 nitrogen and oxygen atoms in total. The first-order valence-corrected chi connectivity index (χ1v) is 8.45. The molecular formula is C17H29NO3. The number of carboxylic acid groups (broad SMARTS) is 1. The van der Waals surface area contributed by atoms with Gasteiger partial charge in [-0.25, -0.2) is 0 Å². The number of hydrogen-bond donors (Lipinski definition) is 1. The van der Waals surface area contributed by atoms with Crippen LogP contribution in [0.4, 0.5) is 0 Å². The van der Waals surface area contributed by atoms with Gasteiger partial charge in [0, 0.05) is 19.0 Å². The van der Waals surface area contributed by atoms with Gasteiger partial charge in [-0.2, -0.15) is 0 Å². The van der Waals surface area contributed by atoms with Gasteiger partial charge in [-0.1, -0.05) is 25.7 Å². The number of carboxylic acids is 1. The molecule has 4 heteroatoms. The molecule has 0 aromatic heterocycles. The minimum absolute atomic E-state index is 0.0680. The SMILES string of the molecule is CC(C)(C(=O)O)C1CCCN(C(=O)C2CCCCCC2)C1. The fraction of sp³-hybridized carbons (Fsp3) is 0.882. The maximum Gasteiger partial charge on any atom is 0.309 e. The van der Waals surface area contributed by atoms with E-state index in [9.17, 15) is 14.7 Å². The molecule has 0 spiro atoms. The molecule has 0 radical (unpaired) electrons. The van der Waals surface area contributed by atoms with Crippen LogP contribution in [0.15, 0.2) is 0 Å². The third-order valence-corrected chi connectivity index (χ3v) is 5.51. The summed E-state index contributed by atoms with van der Waals surface area (Å²) in [6, 6.07) is 0. The summed E-state index contributed by atoms with van der Waals surface area (Å²) >= 11 is 0. The highest BCUT2D eigenvalue weighted by atomic mass is 16.4. The summed E-state index contributed by atoms with van der Waals surface area (Å²) in [6.07, 6.45) is 8.69. The van der Waals surface area contributed by atoms with Gasteiger partial charge in [0.2, 0.25) is 5.91 Å². The smallest absolute Gasteiger partial charge is 0.309 e. The van der Waals surface area contributed by atoms with E-state index in [1.807, 2.05) is 4.90 Å². The Labute approximate surface area is 127 Å². The van der Waals surface area contributed by atoms with E-state index in [0.29, 0.717) is 6.54 Å². The van der Waals surface area contributed by atoms with Crippen LogP contribution in [0, 0.1) is 17.3 Å². The third-order valence-electron chi connectivity index (χ3n) is 5.51. The average molecular weight is 295 g/mol. The van der Waals surface area contributed by atoms with Crippen molar-refractivity contribution in [2.75, 3.05) is 13.1 Å². The highest BCUT2D eigenvalue weighted by molar-refractivity contribution is 5.79. The van der Waals surface area contributed by atoms with Gasteiger partial charge in [-0.15, -0.1) is 0 Å². The Kier molecular flexibility index (Phi) is 5.28. The fourth-order valence-corrected chi connectivity index (χ4v) is 3.73. The molecule has 1 unspecified atom stereocenters. The quantitative estimate of drug-likeness (QED) is 0.813. The summed E-state index contributed by atoms with van der Waals surface area (Å²) < 4.78 is 0. The molecule has 1 atom stereocenters. The van der Waals surface area contributed by atoms with Crippen LogP contribution in [-0.2, 0) is 9.59 Å². The van der Waals surface area contributed by atoms with Crippen LogP contribution in [0.3, 0.4) is 0 Å². The summed E-state index contributed by atoms with van der Waals surface area (Å²) in [5, 5.41) is 9.40. The van der Waals surface area contributed by atoms with Gasteiger partial charge in [-0.3, -0.25) is 9.59 Å². The molecule has 1 saturated heterocycles. The second-order valence-electron chi connectivity index (χ2n) is 7.34. The molecule has 1 aliphatic carbocycles. The van der Waals surface area contributed by atoms with E-state index in [0.717, 1.165) is 45.1 Å². The van der Waals surface area contributed by atoms with Crippen molar-refractivity contribution in [3.05, 3.63) is 0 Å². The van der Waals surface area contributed by atoms with Gasteiger partial charge in [0.25, 0.3) is 0 Å². The maximum atomic E-state index is 12.7. The van der Waals surface area contributed by atoms with Gasteiger partial charge in [0.05, 0.1) is 5.41 Å². The Morgan fingerprint density at radius 1 is 1.00 bits per heavy atom. The Hall–Kier alpha value is -1.06. The van der Waals surface area contributed by atoms with Crippen molar-refractivity contribution in [3.63, 3.8) is 0 Å². The van der Waals surface area contributed by atoms with Crippen LogP contribution in [0.5, 0.6) is 0 Å². The molecule has 1 amide bonds. The summed E-state index contributed by atoms with van der Waals surface area (Å²) in [5.41, 5.74) is -0.748. The first-order chi connectivity index (χ1) is 9.93. The number of hydrogen-bond acceptors (Lipinski definition) is 2. The summed E-state index contributed by atoms with van der Waals surface area (Å²) in [5.74, 6) is -0.225. The lowest BCUT2D eigenvalue weighted by Gasteiger charge is -2.40. The Bertz CT molecular complexity index is 383. The maximum absolute atomic E-state index is 12.7. The number of likely N-dealkylation sites (tertiary alicyclic amines) is 1. The monoisotopic (exact) mass is 295 g/mol. The number of amides is 1. The Morgan fingerprint density at radius 3 is 2.19 bits per heavy atom. The summed E-state index contributed by atoms with van der Waals surface area (Å²) in [7, 11) is 0. The van der Waals surface area contributed by atoms with Crippen molar-refractivity contribution in [1.82, 2.24) is 4.90 Å². The van der Waals surface area contributed by atoms with Crippen LogP contribution < -0.4 is 0 Å². The molecule has 0 aromatic carbocycles. The van der Waals surface area contributed by atoms with E-state index < -0.39 is 11.4 Å². The largest absolute Gasteiger partial charge is 0.481 e. The van der Waals surface area contributed by atoms with Gasteiger partial charge >= 0.3 is 5.97 Å². The van der Waals surface area contributed by atoms with Crippen LogP contribution >= 0.6 is 0 Å². The first kappa shape index (κ1) is 16.3. The molecule has 2 fully saturated rings. The second-order valence-corrected chi connectivity index (χ2v) is 7.34. The lowest BCUT2D eigenvalue weighted by Crippen LogP contribution is -2.48. The van der Waals surface area contributed by atoms with Gasteiger partial charge in [0.15, 0.2) is 0 Å². The van der Waals surface area contributed by atoms with Crippen molar-refractivity contribution < 1.29 is 14.7 Å². The number of carbonyl (C=O) groups excluding carboxylic acids is 1. The fourth-order valence-electron chi connectivity index (χ4n) is 3.73. The number of piperidine rings is 1. The normalized spacial score (nSPS) is 25.4.